The first-order valence-electron chi connectivity index (χ1n) is 7.82. The Morgan fingerprint density at radius 3 is 2.45 bits per heavy atom. The van der Waals surface area contributed by atoms with Gasteiger partial charge in [-0.2, -0.15) is 0 Å². The summed E-state index contributed by atoms with van der Waals surface area (Å²) >= 11 is 0. The molecule has 0 aromatic heterocycles. The molecule has 0 aliphatic heterocycles. The first-order chi connectivity index (χ1) is 9.74. The van der Waals surface area contributed by atoms with Crippen LogP contribution in [-0.4, -0.2) is 38.2 Å². The molecule has 112 valence electrons. The third-order valence-electron chi connectivity index (χ3n) is 4.39. The Labute approximate surface area is 123 Å². The maximum atomic E-state index is 5.24. The summed E-state index contributed by atoms with van der Waals surface area (Å²) in [6.07, 6.45) is 5.50. The van der Waals surface area contributed by atoms with Gasteiger partial charge in [0, 0.05) is 18.6 Å². The van der Waals surface area contributed by atoms with Crippen molar-refractivity contribution in [1.29, 1.82) is 0 Å². The van der Waals surface area contributed by atoms with Gasteiger partial charge in [0.05, 0.1) is 7.11 Å². The van der Waals surface area contributed by atoms with Crippen molar-refractivity contribution >= 4 is 0 Å². The van der Waals surface area contributed by atoms with Crippen LogP contribution in [0.15, 0.2) is 24.3 Å². The van der Waals surface area contributed by atoms with Gasteiger partial charge in [-0.3, -0.25) is 0 Å². The van der Waals surface area contributed by atoms with Crippen molar-refractivity contribution in [2.24, 2.45) is 0 Å². The lowest BCUT2D eigenvalue weighted by Crippen LogP contribution is -2.37. The average Bonchev–Trinajstić information content (AvgIpc) is 3.01. The average molecular weight is 276 g/mol. The monoisotopic (exact) mass is 276 g/mol. The minimum Gasteiger partial charge on any atom is -0.497 e. The number of ether oxygens (including phenoxy) is 1. The normalized spacial score (nSPS) is 17.6. The van der Waals surface area contributed by atoms with Gasteiger partial charge in [-0.25, -0.2) is 0 Å². The van der Waals surface area contributed by atoms with Crippen LogP contribution in [0.2, 0.25) is 0 Å². The summed E-state index contributed by atoms with van der Waals surface area (Å²) in [6.45, 7) is 4.24. The Hall–Kier alpha value is -1.06. The molecule has 1 aliphatic rings. The maximum absolute atomic E-state index is 5.24. The Morgan fingerprint density at radius 2 is 1.90 bits per heavy atom. The largest absolute Gasteiger partial charge is 0.497 e. The van der Waals surface area contributed by atoms with E-state index in [1.54, 1.807) is 7.11 Å². The summed E-state index contributed by atoms with van der Waals surface area (Å²) in [5.41, 5.74) is 1.34. The quantitative estimate of drug-likeness (QED) is 0.827. The van der Waals surface area contributed by atoms with Crippen LogP contribution in [0.4, 0.5) is 0 Å². The van der Waals surface area contributed by atoms with Gasteiger partial charge in [0.1, 0.15) is 5.75 Å². The number of nitrogens with zero attached hydrogens (tertiary/aromatic N) is 1. The second-order valence-corrected chi connectivity index (χ2v) is 5.76. The van der Waals surface area contributed by atoms with Gasteiger partial charge in [0.2, 0.25) is 0 Å². The first-order valence-corrected chi connectivity index (χ1v) is 7.82. The second-order valence-electron chi connectivity index (χ2n) is 5.76. The van der Waals surface area contributed by atoms with Crippen molar-refractivity contribution in [3.63, 3.8) is 0 Å². The summed E-state index contributed by atoms with van der Waals surface area (Å²) in [5.74, 6) is 0.924. The van der Waals surface area contributed by atoms with Gasteiger partial charge in [0.15, 0.2) is 0 Å². The van der Waals surface area contributed by atoms with Crippen molar-refractivity contribution < 1.29 is 4.74 Å². The zero-order valence-corrected chi connectivity index (χ0v) is 13.1. The SMILES string of the molecule is CCNC(CN(C)C1CCCC1)c1ccc(OC)cc1. The van der Waals surface area contributed by atoms with E-state index in [-0.39, 0.29) is 0 Å². The maximum Gasteiger partial charge on any atom is 0.118 e. The van der Waals surface area contributed by atoms with Crippen LogP contribution in [0.1, 0.15) is 44.2 Å². The van der Waals surface area contributed by atoms with Crippen LogP contribution in [0.3, 0.4) is 0 Å². The molecule has 3 heteroatoms. The Bertz CT molecular complexity index is 384. The van der Waals surface area contributed by atoms with Crippen LogP contribution in [0.25, 0.3) is 0 Å². The fraction of sp³-hybridized carbons (Fsp3) is 0.647. The van der Waals surface area contributed by atoms with Crippen molar-refractivity contribution in [3.05, 3.63) is 29.8 Å². The molecule has 1 aromatic rings. The van der Waals surface area contributed by atoms with E-state index in [4.69, 9.17) is 4.74 Å². The highest BCUT2D eigenvalue weighted by molar-refractivity contribution is 5.29. The van der Waals surface area contributed by atoms with Crippen molar-refractivity contribution in [2.75, 3.05) is 27.2 Å². The van der Waals surface area contributed by atoms with Gasteiger partial charge in [-0.15, -0.1) is 0 Å². The lowest BCUT2D eigenvalue weighted by atomic mass is 10.0. The lowest BCUT2D eigenvalue weighted by Gasteiger charge is -2.29. The molecule has 1 aliphatic carbocycles. The van der Waals surface area contributed by atoms with E-state index < -0.39 is 0 Å². The molecule has 1 fully saturated rings. The second kappa shape index (κ2) is 7.65. The number of hydrogen-bond donors (Lipinski definition) is 1. The van der Waals surface area contributed by atoms with E-state index in [0.29, 0.717) is 6.04 Å². The van der Waals surface area contributed by atoms with Gasteiger partial charge in [0.25, 0.3) is 0 Å². The molecule has 0 saturated heterocycles. The molecule has 1 saturated carbocycles. The standard InChI is InChI=1S/C17H28N2O/c1-4-18-17(13-19(2)15-7-5-6-8-15)14-9-11-16(20-3)12-10-14/h9-12,15,17-18H,4-8,13H2,1-3H3. The number of benzene rings is 1. The van der Waals surface area contributed by atoms with Gasteiger partial charge >= 0.3 is 0 Å². The molecule has 0 heterocycles. The molecule has 1 atom stereocenters. The number of hydrogen-bond acceptors (Lipinski definition) is 3. The highest BCUT2D eigenvalue weighted by Gasteiger charge is 2.22. The fourth-order valence-corrected chi connectivity index (χ4v) is 3.15. The van der Waals surface area contributed by atoms with E-state index in [9.17, 15) is 0 Å². The zero-order valence-electron chi connectivity index (χ0n) is 13.1. The molecule has 20 heavy (non-hydrogen) atoms. The Morgan fingerprint density at radius 1 is 1.25 bits per heavy atom. The number of rotatable bonds is 7. The van der Waals surface area contributed by atoms with Crippen molar-refractivity contribution in [2.45, 2.75) is 44.7 Å². The molecule has 1 N–H and O–H groups in total. The molecule has 1 aromatic carbocycles. The van der Waals surface area contributed by atoms with Crippen LogP contribution in [-0.2, 0) is 0 Å². The summed E-state index contributed by atoms with van der Waals surface area (Å²) in [6, 6.07) is 9.62. The summed E-state index contributed by atoms with van der Waals surface area (Å²) in [5, 5.41) is 3.61. The summed E-state index contributed by atoms with van der Waals surface area (Å²) < 4.78 is 5.24. The highest BCUT2D eigenvalue weighted by Crippen LogP contribution is 2.25. The highest BCUT2D eigenvalue weighted by atomic mass is 16.5. The molecule has 0 radical (unpaired) electrons. The predicted octanol–water partition coefficient (Wildman–Crippen LogP) is 3.22. The molecular weight excluding hydrogens is 248 g/mol. The van der Waals surface area contributed by atoms with Crippen LogP contribution in [0.5, 0.6) is 5.75 Å². The summed E-state index contributed by atoms with van der Waals surface area (Å²) in [7, 11) is 3.98. The molecule has 3 nitrogen and oxygen atoms in total. The van der Waals surface area contributed by atoms with E-state index in [0.717, 1.165) is 24.9 Å². The number of likely N-dealkylation sites (N-methyl/N-ethyl adjacent to an activating group) is 2. The molecule has 0 spiro atoms. The van der Waals surface area contributed by atoms with Crippen molar-refractivity contribution in [3.8, 4) is 5.75 Å². The van der Waals surface area contributed by atoms with Gasteiger partial charge in [-0.05, 0) is 44.1 Å². The van der Waals surface area contributed by atoms with Gasteiger partial charge < -0.3 is 15.0 Å². The molecular formula is C17H28N2O. The van der Waals surface area contributed by atoms with Crippen LogP contribution < -0.4 is 10.1 Å². The Balaban J connectivity index is 2.00. The zero-order chi connectivity index (χ0) is 14.4. The minimum atomic E-state index is 0.400. The van der Waals surface area contributed by atoms with E-state index >= 15 is 0 Å². The number of methoxy groups -OCH3 is 1. The third kappa shape index (κ3) is 3.97. The molecule has 2 rings (SSSR count). The van der Waals surface area contributed by atoms with Crippen molar-refractivity contribution in [1.82, 2.24) is 10.2 Å². The fourth-order valence-electron chi connectivity index (χ4n) is 3.15. The van der Waals surface area contributed by atoms with Crippen LogP contribution >= 0.6 is 0 Å². The third-order valence-corrected chi connectivity index (χ3v) is 4.39. The molecule has 0 amide bonds. The first kappa shape index (κ1) is 15.3. The smallest absolute Gasteiger partial charge is 0.118 e. The predicted molar refractivity (Wildman–Crippen MR) is 84.3 cm³/mol. The topological polar surface area (TPSA) is 24.5 Å². The van der Waals surface area contributed by atoms with E-state index in [1.807, 2.05) is 0 Å². The Kier molecular flexibility index (Phi) is 5.86. The number of nitrogens with one attached hydrogen (secondary N) is 1. The van der Waals surface area contributed by atoms with Crippen LogP contribution in [0, 0.1) is 0 Å². The lowest BCUT2D eigenvalue weighted by molar-refractivity contribution is 0.220. The van der Waals surface area contributed by atoms with Gasteiger partial charge in [-0.1, -0.05) is 31.9 Å². The minimum absolute atomic E-state index is 0.400. The molecule has 1 unspecified atom stereocenters. The molecule has 0 bridgehead atoms. The van der Waals surface area contributed by atoms with E-state index in [1.165, 1.54) is 31.2 Å². The summed E-state index contributed by atoms with van der Waals surface area (Å²) in [4.78, 5) is 2.53. The van der Waals surface area contributed by atoms with E-state index in [2.05, 4.69) is 48.5 Å².